The van der Waals surface area contributed by atoms with Gasteiger partial charge in [0.15, 0.2) is 0 Å². The van der Waals surface area contributed by atoms with Crippen LogP contribution in [-0.2, 0) is 11.3 Å². The molecule has 4 nitrogen and oxygen atoms in total. The predicted octanol–water partition coefficient (Wildman–Crippen LogP) is 2.21. The number of nitrogens with zero attached hydrogens (tertiary/aromatic N) is 2. The van der Waals surface area contributed by atoms with E-state index in [1.807, 2.05) is 17.0 Å². The monoisotopic (exact) mass is 275 g/mol. The molecule has 0 aromatic carbocycles. The van der Waals surface area contributed by atoms with Crippen LogP contribution in [0.25, 0.3) is 0 Å². The molecule has 1 atom stereocenters. The molecule has 1 aliphatic heterocycles. The lowest BCUT2D eigenvalue weighted by Crippen LogP contribution is -2.45. The number of carbonyl (C=O) groups is 1. The molecule has 1 N–H and O–H groups in total. The van der Waals surface area contributed by atoms with Crippen molar-refractivity contribution in [1.29, 1.82) is 0 Å². The van der Waals surface area contributed by atoms with Gasteiger partial charge in [0, 0.05) is 32.0 Å². The second kappa shape index (κ2) is 6.84. The number of amides is 1. The molecule has 0 bridgehead atoms. The van der Waals surface area contributed by atoms with Crippen molar-refractivity contribution in [2.24, 2.45) is 5.41 Å². The molecular formula is C16H25N3O. The summed E-state index contributed by atoms with van der Waals surface area (Å²) in [5.41, 5.74) is 0.963. The Morgan fingerprint density at radius 1 is 1.40 bits per heavy atom. The van der Waals surface area contributed by atoms with Crippen LogP contribution in [0, 0.1) is 5.41 Å². The van der Waals surface area contributed by atoms with Gasteiger partial charge in [0.1, 0.15) is 0 Å². The Labute approximate surface area is 121 Å². The van der Waals surface area contributed by atoms with Gasteiger partial charge < -0.3 is 10.2 Å². The average molecular weight is 275 g/mol. The summed E-state index contributed by atoms with van der Waals surface area (Å²) in [6, 6.07) is 3.96. The normalized spacial score (nSPS) is 21.9. The minimum atomic E-state index is -0.183. The number of pyridine rings is 1. The van der Waals surface area contributed by atoms with Crippen LogP contribution in [0.3, 0.4) is 0 Å². The van der Waals surface area contributed by atoms with Crippen LogP contribution < -0.4 is 5.32 Å². The van der Waals surface area contributed by atoms with Gasteiger partial charge >= 0.3 is 0 Å². The highest BCUT2D eigenvalue weighted by Crippen LogP contribution is 2.33. The van der Waals surface area contributed by atoms with E-state index in [1.54, 1.807) is 12.4 Å². The van der Waals surface area contributed by atoms with Gasteiger partial charge in [0.05, 0.1) is 5.41 Å². The zero-order valence-electron chi connectivity index (χ0n) is 12.6. The van der Waals surface area contributed by atoms with Gasteiger partial charge in [-0.05, 0) is 44.0 Å². The molecule has 1 aliphatic rings. The number of hydrogen-bond donors (Lipinski definition) is 1. The van der Waals surface area contributed by atoms with Crippen LogP contribution in [0.4, 0.5) is 0 Å². The maximum atomic E-state index is 13.0. The van der Waals surface area contributed by atoms with Gasteiger partial charge in [-0.3, -0.25) is 9.78 Å². The first-order valence-corrected chi connectivity index (χ1v) is 7.61. The van der Waals surface area contributed by atoms with Crippen LogP contribution in [-0.4, -0.2) is 35.4 Å². The maximum absolute atomic E-state index is 13.0. The second-order valence-corrected chi connectivity index (χ2v) is 5.63. The van der Waals surface area contributed by atoms with Crippen molar-refractivity contribution in [2.75, 3.05) is 19.6 Å². The molecule has 2 rings (SSSR count). The lowest BCUT2D eigenvalue weighted by Gasteiger charge is -2.33. The Morgan fingerprint density at radius 2 is 2.15 bits per heavy atom. The summed E-state index contributed by atoms with van der Waals surface area (Å²) in [5.74, 6) is 0.309. The third kappa shape index (κ3) is 3.18. The van der Waals surface area contributed by atoms with Crippen molar-refractivity contribution >= 4 is 5.91 Å². The van der Waals surface area contributed by atoms with Crippen molar-refractivity contribution in [3.8, 4) is 0 Å². The molecule has 0 spiro atoms. The summed E-state index contributed by atoms with van der Waals surface area (Å²) < 4.78 is 0. The van der Waals surface area contributed by atoms with E-state index in [2.05, 4.69) is 24.1 Å². The number of rotatable bonds is 6. The Bertz CT molecular complexity index is 427. The summed E-state index contributed by atoms with van der Waals surface area (Å²) in [6.45, 7) is 7.44. The fourth-order valence-corrected chi connectivity index (χ4v) is 3.10. The molecule has 2 heterocycles. The average Bonchev–Trinajstić information content (AvgIpc) is 2.95. The Balaban J connectivity index is 2.11. The van der Waals surface area contributed by atoms with E-state index < -0.39 is 0 Å². The van der Waals surface area contributed by atoms with E-state index in [9.17, 15) is 4.79 Å². The molecular weight excluding hydrogens is 250 g/mol. The van der Waals surface area contributed by atoms with Crippen molar-refractivity contribution in [3.63, 3.8) is 0 Å². The van der Waals surface area contributed by atoms with Crippen molar-refractivity contribution < 1.29 is 4.79 Å². The number of nitrogens with one attached hydrogen (secondary N) is 1. The lowest BCUT2D eigenvalue weighted by atomic mass is 9.81. The van der Waals surface area contributed by atoms with Crippen molar-refractivity contribution in [2.45, 2.75) is 39.7 Å². The molecule has 1 aromatic heterocycles. The fourth-order valence-electron chi connectivity index (χ4n) is 3.10. The fraction of sp³-hybridized carbons (Fsp3) is 0.625. The first-order valence-electron chi connectivity index (χ1n) is 7.61. The Kier molecular flexibility index (Phi) is 5.12. The highest BCUT2D eigenvalue weighted by Gasteiger charge is 2.42. The van der Waals surface area contributed by atoms with Crippen LogP contribution in [0.2, 0.25) is 0 Å². The molecule has 0 saturated carbocycles. The van der Waals surface area contributed by atoms with Crippen molar-refractivity contribution in [3.05, 3.63) is 30.1 Å². The summed E-state index contributed by atoms with van der Waals surface area (Å²) in [6.07, 6.45) is 6.57. The molecule has 20 heavy (non-hydrogen) atoms. The standard InChI is InChI=1S/C16H25N3O/c1-3-7-16(8-11-18-13-16)15(20)19(4-2)12-14-5-9-17-10-6-14/h5-6,9-10,18H,3-4,7-8,11-13H2,1-2H3. The van der Waals surface area contributed by atoms with Gasteiger partial charge in [0.25, 0.3) is 0 Å². The molecule has 1 fully saturated rings. The highest BCUT2D eigenvalue weighted by molar-refractivity contribution is 5.83. The van der Waals surface area contributed by atoms with E-state index in [-0.39, 0.29) is 5.41 Å². The number of aromatic nitrogens is 1. The molecule has 1 saturated heterocycles. The molecule has 1 aromatic rings. The second-order valence-electron chi connectivity index (χ2n) is 5.63. The Hall–Kier alpha value is -1.42. The first kappa shape index (κ1) is 15.0. The maximum Gasteiger partial charge on any atom is 0.230 e. The molecule has 1 amide bonds. The largest absolute Gasteiger partial charge is 0.338 e. The number of carbonyl (C=O) groups excluding carboxylic acids is 1. The van der Waals surface area contributed by atoms with Crippen LogP contribution in [0.15, 0.2) is 24.5 Å². The zero-order valence-corrected chi connectivity index (χ0v) is 12.6. The predicted molar refractivity (Wildman–Crippen MR) is 80.2 cm³/mol. The third-order valence-electron chi connectivity index (χ3n) is 4.22. The van der Waals surface area contributed by atoms with Crippen LogP contribution in [0.1, 0.15) is 38.7 Å². The van der Waals surface area contributed by atoms with Gasteiger partial charge in [-0.1, -0.05) is 13.3 Å². The summed E-state index contributed by atoms with van der Waals surface area (Å²) >= 11 is 0. The highest BCUT2D eigenvalue weighted by atomic mass is 16.2. The van der Waals surface area contributed by atoms with Gasteiger partial charge in [0.2, 0.25) is 5.91 Å². The van der Waals surface area contributed by atoms with E-state index in [1.165, 1.54) is 0 Å². The summed E-state index contributed by atoms with van der Waals surface area (Å²) in [4.78, 5) is 19.0. The van der Waals surface area contributed by atoms with Crippen molar-refractivity contribution in [1.82, 2.24) is 15.2 Å². The topological polar surface area (TPSA) is 45.2 Å². The SMILES string of the molecule is CCCC1(C(=O)N(CC)Cc2ccncc2)CCNC1. The quantitative estimate of drug-likeness (QED) is 0.866. The van der Waals surface area contributed by atoms with Crippen LogP contribution >= 0.6 is 0 Å². The minimum absolute atomic E-state index is 0.183. The van der Waals surface area contributed by atoms with E-state index in [4.69, 9.17) is 0 Å². The minimum Gasteiger partial charge on any atom is -0.338 e. The summed E-state index contributed by atoms with van der Waals surface area (Å²) in [5, 5.41) is 3.36. The van der Waals surface area contributed by atoms with Gasteiger partial charge in [-0.15, -0.1) is 0 Å². The smallest absolute Gasteiger partial charge is 0.230 e. The number of hydrogen-bond acceptors (Lipinski definition) is 3. The van der Waals surface area contributed by atoms with E-state index in [0.29, 0.717) is 12.5 Å². The van der Waals surface area contributed by atoms with Gasteiger partial charge in [-0.25, -0.2) is 0 Å². The van der Waals surface area contributed by atoms with E-state index >= 15 is 0 Å². The summed E-state index contributed by atoms with van der Waals surface area (Å²) in [7, 11) is 0. The Morgan fingerprint density at radius 3 is 2.70 bits per heavy atom. The van der Waals surface area contributed by atoms with Gasteiger partial charge in [-0.2, -0.15) is 0 Å². The lowest BCUT2D eigenvalue weighted by molar-refractivity contribution is -0.142. The van der Waals surface area contributed by atoms with Crippen LogP contribution in [0.5, 0.6) is 0 Å². The van der Waals surface area contributed by atoms with E-state index in [0.717, 1.165) is 44.5 Å². The molecule has 1 unspecified atom stereocenters. The zero-order chi connectivity index (χ0) is 14.4. The molecule has 4 heteroatoms. The molecule has 0 radical (unpaired) electrons. The first-order chi connectivity index (χ1) is 9.72. The molecule has 110 valence electrons. The molecule has 0 aliphatic carbocycles. The third-order valence-corrected chi connectivity index (χ3v) is 4.22.